The monoisotopic (exact) mass is 372 g/mol. The highest BCUT2D eigenvalue weighted by atomic mass is 35.5. The summed E-state index contributed by atoms with van der Waals surface area (Å²) in [7, 11) is 0. The number of aromatic nitrogens is 3. The number of anilines is 1. The van der Waals surface area contributed by atoms with Gasteiger partial charge in [-0.15, -0.1) is 0 Å². The summed E-state index contributed by atoms with van der Waals surface area (Å²) >= 11 is 6.13. The second-order valence-corrected chi connectivity index (χ2v) is 6.56. The van der Waals surface area contributed by atoms with Crippen LogP contribution < -0.4 is 5.73 Å². The quantitative estimate of drug-likeness (QED) is 0.680. The molecular formula is C19H21ClN4O2. The summed E-state index contributed by atoms with van der Waals surface area (Å²) in [5.41, 5.74) is 9.26. The predicted molar refractivity (Wildman–Crippen MR) is 103 cm³/mol. The number of nitrogens with two attached hydrogens (primary N) is 1. The van der Waals surface area contributed by atoms with Crippen molar-refractivity contribution in [2.45, 2.75) is 25.9 Å². The zero-order valence-corrected chi connectivity index (χ0v) is 15.3. The van der Waals surface area contributed by atoms with E-state index < -0.39 is 0 Å². The molecule has 0 aliphatic carbocycles. The summed E-state index contributed by atoms with van der Waals surface area (Å²) in [4.78, 5) is 12.4. The summed E-state index contributed by atoms with van der Waals surface area (Å²) in [5, 5.41) is 10.3. The van der Waals surface area contributed by atoms with Gasteiger partial charge in [0.25, 0.3) is 0 Å². The maximum absolute atomic E-state index is 8.78. The highest BCUT2D eigenvalue weighted by Gasteiger charge is 2.09. The summed E-state index contributed by atoms with van der Waals surface area (Å²) < 4.78 is 4.93. The lowest BCUT2D eigenvalue weighted by molar-refractivity contribution is -0.00535. The Hall–Kier alpha value is -2.28. The Morgan fingerprint density at radius 3 is 2.81 bits per heavy atom. The summed E-state index contributed by atoms with van der Waals surface area (Å²) in [6, 6.07) is 7.88. The number of rotatable bonds is 1. The van der Waals surface area contributed by atoms with E-state index in [4.69, 9.17) is 27.2 Å². The molecule has 2 aromatic heterocycles. The van der Waals surface area contributed by atoms with Crippen molar-refractivity contribution in [3.63, 3.8) is 0 Å². The molecule has 0 saturated carbocycles. The number of nitrogens with zero attached hydrogens (tertiary/aromatic N) is 3. The minimum atomic E-state index is -0.186. The third-order valence-electron chi connectivity index (χ3n) is 4.13. The first-order valence-corrected chi connectivity index (χ1v) is 8.82. The third kappa shape index (κ3) is 4.46. The van der Waals surface area contributed by atoms with E-state index >= 15 is 0 Å². The number of nitrogen functional groups attached to an aromatic ring is 1. The fourth-order valence-corrected chi connectivity index (χ4v) is 2.94. The maximum Gasteiger partial charge on any atom is 0.220 e. The normalized spacial score (nSPS) is 16.8. The molecule has 1 atom stereocenters. The lowest BCUT2D eigenvalue weighted by atomic mass is 10.0. The fraction of sp³-hybridized carbons (Fsp3) is 0.316. The van der Waals surface area contributed by atoms with Gasteiger partial charge in [-0.25, -0.2) is 9.97 Å². The van der Waals surface area contributed by atoms with Gasteiger partial charge in [0.1, 0.15) is 0 Å². The van der Waals surface area contributed by atoms with E-state index in [1.807, 2.05) is 31.2 Å². The lowest BCUT2D eigenvalue weighted by Gasteiger charge is -2.15. The number of halogens is 1. The van der Waals surface area contributed by atoms with Crippen molar-refractivity contribution in [3.8, 4) is 11.3 Å². The number of fused-ring (bicyclic) bond motifs is 1. The first kappa shape index (κ1) is 18.5. The van der Waals surface area contributed by atoms with Crippen molar-refractivity contribution in [1.82, 2.24) is 15.0 Å². The van der Waals surface area contributed by atoms with Crippen molar-refractivity contribution in [1.29, 1.82) is 0 Å². The topological polar surface area (TPSA) is 94.2 Å². The molecule has 3 heterocycles. The van der Waals surface area contributed by atoms with Crippen molar-refractivity contribution in [2.75, 3.05) is 18.9 Å². The number of pyridine rings is 1. The number of aliphatic hydroxyl groups is 1. The first-order chi connectivity index (χ1) is 12.5. The molecule has 6 nitrogen and oxygen atoms in total. The molecule has 1 aromatic carbocycles. The van der Waals surface area contributed by atoms with Gasteiger partial charge in [-0.3, -0.25) is 4.98 Å². The molecule has 0 bridgehead atoms. The smallest absolute Gasteiger partial charge is 0.220 e. The summed E-state index contributed by atoms with van der Waals surface area (Å²) in [6.07, 6.45) is 5.06. The Kier molecular flexibility index (Phi) is 5.98. The molecule has 0 radical (unpaired) electrons. The number of ether oxygens (including phenoxy) is 1. The first-order valence-electron chi connectivity index (χ1n) is 8.44. The van der Waals surface area contributed by atoms with Crippen LogP contribution in [-0.4, -0.2) is 39.4 Å². The van der Waals surface area contributed by atoms with E-state index in [-0.39, 0.29) is 12.1 Å². The molecule has 1 aliphatic heterocycles. The largest absolute Gasteiger partial charge is 0.391 e. The van der Waals surface area contributed by atoms with Crippen LogP contribution in [0.1, 0.15) is 18.4 Å². The Balaban J connectivity index is 0.000000236. The van der Waals surface area contributed by atoms with Gasteiger partial charge < -0.3 is 15.6 Å². The zero-order chi connectivity index (χ0) is 18.5. The molecule has 1 saturated heterocycles. The highest BCUT2D eigenvalue weighted by Crippen LogP contribution is 2.29. The zero-order valence-electron chi connectivity index (χ0n) is 14.5. The van der Waals surface area contributed by atoms with Crippen LogP contribution in [0.4, 0.5) is 5.95 Å². The van der Waals surface area contributed by atoms with Crippen molar-refractivity contribution in [3.05, 3.63) is 47.2 Å². The molecule has 1 fully saturated rings. The maximum atomic E-state index is 8.78. The minimum absolute atomic E-state index is 0.186. The van der Waals surface area contributed by atoms with Crippen molar-refractivity contribution in [2.24, 2.45) is 0 Å². The molecule has 26 heavy (non-hydrogen) atoms. The molecule has 1 unspecified atom stereocenters. The van der Waals surface area contributed by atoms with E-state index in [0.29, 0.717) is 17.3 Å². The Bertz CT molecular complexity index is 898. The van der Waals surface area contributed by atoms with Crippen LogP contribution in [0.3, 0.4) is 0 Å². The van der Waals surface area contributed by atoms with E-state index in [9.17, 15) is 0 Å². The number of aryl methyl sites for hydroxylation is 1. The van der Waals surface area contributed by atoms with Crippen LogP contribution in [0.2, 0.25) is 5.02 Å². The molecule has 7 heteroatoms. The third-order valence-corrected chi connectivity index (χ3v) is 4.41. The predicted octanol–water partition coefficient (Wildman–Crippen LogP) is 3.39. The van der Waals surface area contributed by atoms with Gasteiger partial charge in [0.15, 0.2) is 0 Å². The van der Waals surface area contributed by atoms with Crippen molar-refractivity contribution >= 4 is 28.5 Å². The van der Waals surface area contributed by atoms with Gasteiger partial charge in [0, 0.05) is 23.8 Å². The van der Waals surface area contributed by atoms with Gasteiger partial charge in [0.2, 0.25) is 5.95 Å². The number of benzene rings is 1. The Morgan fingerprint density at radius 1 is 1.27 bits per heavy atom. The fourth-order valence-electron chi connectivity index (χ4n) is 2.74. The SMILES string of the molecule is Cc1ccnc2ccc(-c3nc(N)ncc3Cl)cc12.OC1CCCOC1. The molecular weight excluding hydrogens is 352 g/mol. The number of aliphatic hydroxyl groups excluding tert-OH is 1. The standard InChI is InChI=1S/C14H11ClN4.C5H10O2/c1-8-4-5-17-12-3-2-9(6-10(8)12)13-11(15)7-18-14(16)19-13;6-5-2-1-3-7-4-5/h2-7H,1H3,(H2,16,18,19);5-6H,1-4H2. The molecule has 0 amide bonds. The number of hydrogen-bond acceptors (Lipinski definition) is 6. The minimum Gasteiger partial charge on any atom is -0.391 e. The van der Waals surface area contributed by atoms with Crippen LogP contribution >= 0.6 is 11.6 Å². The van der Waals surface area contributed by atoms with Gasteiger partial charge in [-0.2, -0.15) is 0 Å². The van der Waals surface area contributed by atoms with E-state index in [2.05, 4.69) is 15.0 Å². The molecule has 4 rings (SSSR count). The molecule has 3 N–H and O–H groups in total. The second-order valence-electron chi connectivity index (χ2n) is 6.16. The molecule has 0 spiro atoms. The van der Waals surface area contributed by atoms with E-state index in [1.165, 1.54) is 6.20 Å². The van der Waals surface area contributed by atoms with Crippen LogP contribution in [0.15, 0.2) is 36.7 Å². The van der Waals surface area contributed by atoms with E-state index in [0.717, 1.165) is 41.5 Å². The lowest BCUT2D eigenvalue weighted by Crippen LogP contribution is -2.21. The van der Waals surface area contributed by atoms with Crippen LogP contribution in [-0.2, 0) is 4.74 Å². The van der Waals surface area contributed by atoms with Crippen LogP contribution in [0, 0.1) is 6.92 Å². The average molecular weight is 373 g/mol. The van der Waals surface area contributed by atoms with Gasteiger partial charge in [-0.1, -0.05) is 17.7 Å². The second kappa shape index (κ2) is 8.40. The highest BCUT2D eigenvalue weighted by molar-refractivity contribution is 6.33. The van der Waals surface area contributed by atoms with Gasteiger partial charge in [-0.05, 0) is 43.5 Å². The Labute approximate surface area is 157 Å². The molecule has 3 aromatic rings. The molecule has 136 valence electrons. The summed E-state index contributed by atoms with van der Waals surface area (Å²) in [5.74, 6) is 0.211. The molecule has 1 aliphatic rings. The summed E-state index contributed by atoms with van der Waals surface area (Å²) in [6.45, 7) is 3.42. The van der Waals surface area contributed by atoms with Crippen LogP contribution in [0.25, 0.3) is 22.2 Å². The van der Waals surface area contributed by atoms with Gasteiger partial charge in [0.05, 0.1) is 35.1 Å². The van der Waals surface area contributed by atoms with Crippen molar-refractivity contribution < 1.29 is 9.84 Å². The van der Waals surface area contributed by atoms with Gasteiger partial charge >= 0.3 is 0 Å². The van der Waals surface area contributed by atoms with Crippen LogP contribution in [0.5, 0.6) is 0 Å². The average Bonchev–Trinajstić information content (AvgIpc) is 2.65. The Morgan fingerprint density at radius 2 is 2.12 bits per heavy atom. The number of hydrogen-bond donors (Lipinski definition) is 2. The van der Waals surface area contributed by atoms with E-state index in [1.54, 1.807) is 6.20 Å².